The number of quaternary nitrogens is 1. The number of ether oxygens (including phenoxy) is 6. The van der Waals surface area contributed by atoms with Crippen LogP contribution in [0.15, 0.2) is 155 Å². The van der Waals surface area contributed by atoms with Crippen LogP contribution < -0.4 is 24.0 Å². The molecule has 0 aromatic heterocycles. The van der Waals surface area contributed by atoms with Gasteiger partial charge >= 0.3 is 35.7 Å². The van der Waals surface area contributed by atoms with Crippen LogP contribution in [0.1, 0.15) is 127 Å². The Hall–Kier alpha value is -5.30. The molecular formula is C61H73BrF4INO13S. The summed E-state index contributed by atoms with van der Waals surface area (Å²) in [4.78, 5) is 48.7. The van der Waals surface area contributed by atoms with Gasteiger partial charge in [-0.25, -0.2) is 23.4 Å². The molecule has 2 aliphatic rings. The topological polar surface area (TPSA) is 167 Å². The highest BCUT2D eigenvalue weighted by atomic mass is 127. The lowest BCUT2D eigenvalue weighted by Crippen LogP contribution is -3.00. The fourth-order valence-corrected chi connectivity index (χ4v) is 10.1. The van der Waals surface area contributed by atoms with Crippen molar-refractivity contribution in [3.63, 3.8) is 0 Å². The molecule has 14 nitrogen and oxygen atoms in total. The van der Waals surface area contributed by atoms with Gasteiger partial charge in [0, 0.05) is 4.47 Å². The number of hydrogen-bond acceptors (Lipinski definition) is 13. The van der Waals surface area contributed by atoms with Gasteiger partial charge in [0.15, 0.2) is 6.10 Å². The van der Waals surface area contributed by atoms with Crippen molar-refractivity contribution in [3.05, 3.63) is 172 Å². The molecule has 5 aromatic carbocycles. The number of halogens is 6. The molecule has 0 unspecified atom stereocenters. The molecule has 0 spiro atoms. The van der Waals surface area contributed by atoms with Gasteiger partial charge in [0.2, 0.25) is 12.4 Å². The van der Waals surface area contributed by atoms with Gasteiger partial charge in [-0.2, -0.15) is 26.0 Å². The van der Waals surface area contributed by atoms with Gasteiger partial charge in [0.1, 0.15) is 31.5 Å². The summed E-state index contributed by atoms with van der Waals surface area (Å²) in [6, 6.07) is 36.1. The van der Waals surface area contributed by atoms with E-state index in [9.17, 15) is 36.4 Å². The third-order valence-corrected chi connectivity index (χ3v) is 15.3. The molecule has 0 saturated carbocycles. The van der Waals surface area contributed by atoms with Gasteiger partial charge in [-0.05, 0) is 105 Å². The Morgan fingerprint density at radius 3 is 1.20 bits per heavy atom. The Morgan fingerprint density at radius 2 is 0.841 bits per heavy atom. The summed E-state index contributed by atoms with van der Waals surface area (Å²) in [5, 5.41) is 0. The van der Waals surface area contributed by atoms with Gasteiger partial charge in [-0.15, -0.1) is 0 Å². The number of alkyl halides is 4. The summed E-state index contributed by atoms with van der Waals surface area (Å²) in [6.07, 6.45) is -0.262. The Bertz CT molecular complexity index is 2790. The quantitative estimate of drug-likeness (QED) is 0.0135. The number of carbonyl (C=O) groups is 4. The van der Waals surface area contributed by atoms with E-state index in [-0.39, 0.29) is 46.2 Å². The highest BCUT2D eigenvalue weighted by Gasteiger charge is 2.64. The van der Waals surface area contributed by atoms with Gasteiger partial charge in [-0.3, -0.25) is 0 Å². The van der Waals surface area contributed by atoms with Gasteiger partial charge in [-0.1, -0.05) is 142 Å². The van der Waals surface area contributed by atoms with Crippen molar-refractivity contribution in [1.82, 2.24) is 0 Å². The van der Waals surface area contributed by atoms with Gasteiger partial charge in [0.25, 0.3) is 10.1 Å². The molecule has 448 valence electrons. The minimum atomic E-state index is -4.71. The molecule has 6 atom stereocenters. The van der Waals surface area contributed by atoms with Crippen LogP contribution in [-0.4, -0.2) is 125 Å². The fraction of sp³-hybridized carbons (Fsp3) is 0.443. The maximum atomic E-state index is 15.4. The van der Waals surface area contributed by atoms with E-state index < -0.39 is 101 Å². The first kappa shape index (κ1) is 69.2. The predicted molar refractivity (Wildman–Crippen MR) is 299 cm³/mol. The minimum absolute atomic E-state index is 0. The average molecular weight is 1340 g/mol. The average Bonchev–Trinajstić information content (AvgIpc) is 3.13. The van der Waals surface area contributed by atoms with Gasteiger partial charge < -0.3 is 56.9 Å². The highest BCUT2D eigenvalue weighted by molar-refractivity contribution is 9.10. The second-order valence-corrected chi connectivity index (χ2v) is 22.1. The van der Waals surface area contributed by atoms with Crippen molar-refractivity contribution in [2.45, 2.75) is 140 Å². The Labute approximate surface area is 504 Å². The maximum Gasteiger partial charge on any atom is 0.338 e. The number of esters is 4. The second kappa shape index (κ2) is 33.9. The van der Waals surface area contributed by atoms with E-state index in [1.807, 2.05) is 0 Å². The summed E-state index contributed by atoms with van der Waals surface area (Å²) in [6.45, 7) is 15.0. The first-order valence-corrected chi connectivity index (χ1v) is 29.5. The van der Waals surface area contributed by atoms with Crippen molar-refractivity contribution >= 4 is 49.9 Å². The molecule has 5 aromatic rings. The minimum Gasteiger partial charge on any atom is -1.00 e. The predicted octanol–water partition coefficient (Wildman–Crippen LogP) is 10.1. The lowest BCUT2D eigenvalue weighted by Gasteiger charge is -2.39. The zero-order valence-electron chi connectivity index (χ0n) is 46.7. The summed E-state index contributed by atoms with van der Waals surface area (Å²) < 4.78 is 122. The highest BCUT2D eigenvalue weighted by Crippen LogP contribution is 2.42. The van der Waals surface area contributed by atoms with E-state index >= 15 is 8.78 Å². The molecule has 0 radical (unpaired) electrons. The molecule has 82 heavy (non-hydrogen) atoms. The van der Waals surface area contributed by atoms with Crippen LogP contribution in [0, 0.1) is 0 Å². The summed E-state index contributed by atoms with van der Waals surface area (Å²) in [5.74, 6) is -11.0. The largest absolute Gasteiger partial charge is 1.00 e. The standard InChI is InChI=1S/C25H19BrF2O8S.C20H18F2O5.C16H36N.HI/c26-18-11-13-19(14-12-18)37(31,32)36-24-25(27,28)21(35-23(30)17-9-5-2-6-10-17)20(34-24)15-33-22(29)16-7-3-1-4-8-16;1-13-20(21,22)17(27-19(24)15-10-6-3-7-11-15)16(26-13)12-25-18(23)14-8-4-2-5-9-14;1-5-9-13-17(14-10-6-2,15-11-7-3)16-12-8-4;/h1-14,20-21,24H,15H2;2-11,13,16-17H,12H2,1H3;5-16H2,1-4H3;1H/q;;+1;/p-1/t20-,21-,24+;13-,16-,17-;;/m11../s1. The Morgan fingerprint density at radius 1 is 0.512 bits per heavy atom. The molecule has 7 rings (SSSR count). The van der Waals surface area contributed by atoms with Crippen LogP contribution in [0.5, 0.6) is 0 Å². The van der Waals surface area contributed by atoms with E-state index in [4.69, 9.17) is 32.6 Å². The smallest absolute Gasteiger partial charge is 0.338 e. The molecule has 0 amide bonds. The number of nitrogens with zero attached hydrogens (tertiary/aromatic N) is 1. The molecular weight excluding hydrogens is 1270 g/mol. The van der Waals surface area contributed by atoms with Crippen molar-refractivity contribution < 1.29 is 106 Å². The van der Waals surface area contributed by atoms with Crippen molar-refractivity contribution in [3.8, 4) is 0 Å². The first-order valence-electron chi connectivity index (χ1n) is 27.3. The number of rotatable bonds is 25. The van der Waals surface area contributed by atoms with E-state index in [0.717, 1.165) is 12.1 Å². The monoisotopic (exact) mass is 1340 g/mol. The second-order valence-electron chi connectivity index (χ2n) is 19.6. The molecule has 2 heterocycles. The summed E-state index contributed by atoms with van der Waals surface area (Å²) in [5.41, 5.74) is 0.557. The molecule has 0 bridgehead atoms. The Balaban J connectivity index is 0.000000283. The van der Waals surface area contributed by atoms with Crippen LogP contribution in [-0.2, 0) is 42.7 Å². The first-order chi connectivity index (χ1) is 38.7. The zero-order valence-corrected chi connectivity index (χ0v) is 51.2. The summed E-state index contributed by atoms with van der Waals surface area (Å²) >= 11 is 3.15. The molecule has 2 aliphatic heterocycles. The lowest BCUT2D eigenvalue weighted by molar-refractivity contribution is -0.929. The van der Waals surface area contributed by atoms with E-state index in [2.05, 4.69) is 43.6 Å². The number of carbonyl (C=O) groups excluding carboxylic acids is 4. The SMILES string of the molecule is CCCC[N+](CCCC)(CCCC)CCCC.C[C@H]1O[C@H](COC(=O)c2ccccc2)[C@@H](OC(=O)c2ccccc2)C1(F)F.O=C(OC[C@H]1O[C@@H](OS(=O)(=O)c2ccc(Br)cc2)C(F)(F)[C@@H]1OC(=O)c1ccccc1)c1ccccc1.[I-]. The molecule has 2 saturated heterocycles. The Kier molecular flexibility index (Phi) is 28.6. The van der Waals surface area contributed by atoms with Crippen LogP contribution >= 0.6 is 15.9 Å². The third kappa shape index (κ3) is 20.2. The molecule has 0 aliphatic carbocycles. The normalized spacial score (nSPS) is 19.6. The lowest BCUT2D eigenvalue weighted by atomic mass is 10.1. The van der Waals surface area contributed by atoms with Crippen LogP contribution in [0.2, 0.25) is 0 Å². The van der Waals surface area contributed by atoms with Crippen molar-refractivity contribution in [2.75, 3.05) is 39.4 Å². The van der Waals surface area contributed by atoms with Crippen molar-refractivity contribution in [1.29, 1.82) is 0 Å². The van der Waals surface area contributed by atoms with Crippen LogP contribution in [0.4, 0.5) is 17.6 Å². The van der Waals surface area contributed by atoms with Crippen LogP contribution in [0.3, 0.4) is 0 Å². The van der Waals surface area contributed by atoms with Crippen LogP contribution in [0.25, 0.3) is 0 Å². The van der Waals surface area contributed by atoms with E-state index in [0.29, 0.717) is 4.47 Å². The third-order valence-electron chi connectivity index (χ3n) is 13.5. The number of benzene rings is 5. The summed E-state index contributed by atoms with van der Waals surface area (Å²) in [7, 11) is -4.71. The molecule has 0 N–H and O–H groups in total. The maximum absolute atomic E-state index is 15.4. The van der Waals surface area contributed by atoms with Crippen molar-refractivity contribution in [2.24, 2.45) is 0 Å². The zero-order chi connectivity index (χ0) is 59.1. The molecule has 2 fully saturated rings. The number of hydrogen-bond donors (Lipinski definition) is 0. The molecule has 21 heteroatoms. The number of unbranched alkanes of at least 4 members (excludes halogenated alkanes) is 4. The fourth-order valence-electron chi connectivity index (χ4n) is 8.82. The van der Waals surface area contributed by atoms with E-state index in [1.54, 1.807) is 72.8 Å². The van der Waals surface area contributed by atoms with E-state index in [1.165, 1.54) is 150 Å². The van der Waals surface area contributed by atoms with Gasteiger partial charge in [0.05, 0.1) is 53.3 Å².